The Bertz CT molecular complexity index is 403. The van der Waals surface area contributed by atoms with Gasteiger partial charge in [-0.25, -0.2) is 4.98 Å². The minimum Gasteiger partial charge on any atom is -0.241 e. The molecule has 2 atom stereocenters. The van der Waals surface area contributed by atoms with Crippen molar-refractivity contribution in [2.24, 2.45) is 0 Å². The number of hydrogen-bond acceptors (Lipinski definition) is 2. The normalized spacial score (nSPS) is 15.6. The molecule has 14 heavy (non-hydrogen) atoms. The van der Waals surface area contributed by atoms with E-state index in [-0.39, 0.29) is 5.38 Å². The van der Waals surface area contributed by atoms with Crippen LogP contribution < -0.4 is 0 Å². The van der Waals surface area contributed by atoms with Crippen molar-refractivity contribution < 1.29 is 0 Å². The van der Waals surface area contributed by atoms with Crippen LogP contribution in [0.5, 0.6) is 0 Å². The first-order valence-corrected chi connectivity index (χ1v) is 5.93. The molecule has 0 fully saturated rings. The second-order valence-electron chi connectivity index (χ2n) is 3.49. The number of hydrogen-bond donors (Lipinski definition) is 0. The Balaban J connectivity index is 2.45. The summed E-state index contributed by atoms with van der Waals surface area (Å²) in [5.74, 6) is 0.328. The van der Waals surface area contributed by atoms with Gasteiger partial charge in [-0.1, -0.05) is 19.1 Å². The van der Waals surface area contributed by atoms with Crippen molar-refractivity contribution >= 4 is 33.2 Å². The van der Waals surface area contributed by atoms with Gasteiger partial charge in [-0.3, -0.25) is 0 Å². The number of aromatic nitrogens is 1. The van der Waals surface area contributed by atoms with Gasteiger partial charge in [0.25, 0.3) is 0 Å². The smallest absolute Gasteiger partial charge is 0.0981 e. The second kappa shape index (κ2) is 3.87. The number of para-hydroxylation sites is 1. The SMILES string of the molecule is CC(Cl)C(C)c1nc2ccccc2s1. The quantitative estimate of drug-likeness (QED) is 0.704. The van der Waals surface area contributed by atoms with E-state index in [9.17, 15) is 0 Å². The molecule has 0 N–H and O–H groups in total. The first kappa shape index (κ1) is 9.94. The summed E-state index contributed by atoms with van der Waals surface area (Å²) in [6, 6.07) is 8.20. The number of nitrogens with zero attached hydrogens (tertiary/aromatic N) is 1. The summed E-state index contributed by atoms with van der Waals surface area (Å²) < 4.78 is 1.24. The number of benzene rings is 1. The number of fused-ring (bicyclic) bond motifs is 1. The summed E-state index contributed by atoms with van der Waals surface area (Å²) in [5, 5.41) is 1.27. The molecule has 0 amide bonds. The molecule has 2 aromatic rings. The van der Waals surface area contributed by atoms with Gasteiger partial charge in [0.05, 0.1) is 15.2 Å². The highest BCUT2D eigenvalue weighted by Gasteiger charge is 2.15. The number of thiazole rings is 1. The molecule has 3 heteroatoms. The maximum atomic E-state index is 6.06. The molecule has 1 aromatic heterocycles. The van der Waals surface area contributed by atoms with Gasteiger partial charge in [0.2, 0.25) is 0 Å². The maximum Gasteiger partial charge on any atom is 0.0981 e. The Morgan fingerprint density at radius 3 is 2.64 bits per heavy atom. The molecule has 74 valence electrons. The van der Waals surface area contributed by atoms with Crippen LogP contribution in [0.4, 0.5) is 0 Å². The zero-order valence-corrected chi connectivity index (χ0v) is 9.77. The Hall–Kier alpha value is -0.600. The van der Waals surface area contributed by atoms with Gasteiger partial charge >= 0.3 is 0 Å². The molecule has 2 unspecified atom stereocenters. The molecule has 0 radical (unpaired) electrons. The van der Waals surface area contributed by atoms with Crippen molar-refractivity contribution in [2.45, 2.75) is 25.1 Å². The van der Waals surface area contributed by atoms with Crippen LogP contribution in [-0.4, -0.2) is 10.4 Å². The van der Waals surface area contributed by atoms with Crippen LogP contribution in [0.3, 0.4) is 0 Å². The fraction of sp³-hybridized carbons (Fsp3) is 0.364. The molecule has 0 saturated heterocycles. The van der Waals surface area contributed by atoms with Crippen LogP contribution in [0, 0.1) is 0 Å². The lowest BCUT2D eigenvalue weighted by molar-refractivity contribution is 0.737. The summed E-state index contributed by atoms with van der Waals surface area (Å²) in [6.07, 6.45) is 0. The molecule has 1 nitrogen and oxygen atoms in total. The van der Waals surface area contributed by atoms with Crippen molar-refractivity contribution in [2.75, 3.05) is 0 Å². The molecule has 0 bridgehead atoms. The molecule has 2 rings (SSSR count). The highest BCUT2D eigenvalue weighted by atomic mass is 35.5. The number of rotatable bonds is 2. The van der Waals surface area contributed by atoms with Crippen LogP contribution in [0.1, 0.15) is 24.8 Å². The van der Waals surface area contributed by atoms with E-state index in [1.54, 1.807) is 11.3 Å². The molecule has 0 spiro atoms. The van der Waals surface area contributed by atoms with Gasteiger partial charge in [-0.2, -0.15) is 0 Å². The van der Waals surface area contributed by atoms with Crippen molar-refractivity contribution in [1.29, 1.82) is 0 Å². The predicted octanol–water partition coefficient (Wildman–Crippen LogP) is 4.03. The van der Waals surface area contributed by atoms with E-state index < -0.39 is 0 Å². The van der Waals surface area contributed by atoms with Gasteiger partial charge in [-0.05, 0) is 19.1 Å². The fourth-order valence-electron chi connectivity index (χ4n) is 1.28. The standard InChI is InChI=1S/C11H12ClNS/c1-7(8(2)12)11-13-9-5-3-4-6-10(9)14-11/h3-8H,1-2H3. The van der Waals surface area contributed by atoms with Crippen LogP contribution in [0.2, 0.25) is 0 Å². The largest absolute Gasteiger partial charge is 0.241 e. The minimum absolute atomic E-state index is 0.135. The molecule has 0 saturated carbocycles. The van der Waals surface area contributed by atoms with Crippen molar-refractivity contribution in [3.05, 3.63) is 29.3 Å². The summed E-state index contributed by atoms with van der Waals surface area (Å²) in [4.78, 5) is 4.57. The first-order valence-electron chi connectivity index (χ1n) is 4.68. The molecular formula is C11H12ClNS. The number of halogens is 1. The lowest BCUT2D eigenvalue weighted by atomic mass is 10.1. The highest BCUT2D eigenvalue weighted by molar-refractivity contribution is 7.18. The van der Waals surface area contributed by atoms with Crippen molar-refractivity contribution in [3.8, 4) is 0 Å². The summed E-state index contributed by atoms with van der Waals surface area (Å²) in [7, 11) is 0. The van der Waals surface area contributed by atoms with E-state index in [4.69, 9.17) is 11.6 Å². The predicted molar refractivity (Wildman–Crippen MR) is 63.4 cm³/mol. The number of alkyl halides is 1. The average molecular weight is 226 g/mol. The molecule has 1 aromatic carbocycles. The fourth-order valence-corrected chi connectivity index (χ4v) is 2.60. The monoisotopic (exact) mass is 225 g/mol. The molecular weight excluding hydrogens is 214 g/mol. The average Bonchev–Trinajstić information content (AvgIpc) is 2.59. The Morgan fingerprint density at radius 2 is 2.00 bits per heavy atom. The van der Waals surface area contributed by atoms with Crippen LogP contribution in [0.25, 0.3) is 10.2 Å². The van der Waals surface area contributed by atoms with E-state index >= 15 is 0 Å². The van der Waals surface area contributed by atoms with E-state index in [0.29, 0.717) is 5.92 Å². The third-order valence-corrected chi connectivity index (χ3v) is 4.00. The van der Waals surface area contributed by atoms with Gasteiger partial charge in [0, 0.05) is 11.3 Å². The topological polar surface area (TPSA) is 12.9 Å². The molecule has 0 aliphatic rings. The molecule has 0 aliphatic carbocycles. The third-order valence-electron chi connectivity index (χ3n) is 2.39. The zero-order chi connectivity index (χ0) is 10.1. The third kappa shape index (κ3) is 1.77. The minimum atomic E-state index is 0.135. The summed E-state index contributed by atoms with van der Waals surface area (Å²) >= 11 is 7.80. The Labute approximate surface area is 92.7 Å². The van der Waals surface area contributed by atoms with Crippen molar-refractivity contribution in [3.63, 3.8) is 0 Å². The van der Waals surface area contributed by atoms with Gasteiger partial charge in [0.15, 0.2) is 0 Å². The van der Waals surface area contributed by atoms with Crippen molar-refractivity contribution in [1.82, 2.24) is 4.98 Å². The lowest BCUT2D eigenvalue weighted by Crippen LogP contribution is -2.03. The molecule has 0 aliphatic heterocycles. The van der Waals surface area contributed by atoms with Gasteiger partial charge in [0.1, 0.15) is 0 Å². The summed E-state index contributed by atoms with van der Waals surface area (Å²) in [5.41, 5.74) is 1.08. The van der Waals surface area contributed by atoms with Crippen LogP contribution >= 0.6 is 22.9 Å². The van der Waals surface area contributed by atoms with Gasteiger partial charge in [-0.15, -0.1) is 22.9 Å². The van der Waals surface area contributed by atoms with E-state index in [1.807, 2.05) is 25.1 Å². The van der Waals surface area contributed by atoms with E-state index in [1.165, 1.54) is 4.70 Å². The second-order valence-corrected chi connectivity index (χ2v) is 5.24. The van der Waals surface area contributed by atoms with Gasteiger partial charge < -0.3 is 0 Å². The Kier molecular flexibility index (Phi) is 2.75. The highest BCUT2D eigenvalue weighted by Crippen LogP contribution is 2.30. The van der Waals surface area contributed by atoms with E-state index in [0.717, 1.165) is 10.5 Å². The van der Waals surface area contributed by atoms with E-state index in [2.05, 4.69) is 18.0 Å². The lowest BCUT2D eigenvalue weighted by Gasteiger charge is -2.08. The van der Waals surface area contributed by atoms with Crippen LogP contribution in [0.15, 0.2) is 24.3 Å². The Morgan fingerprint density at radius 1 is 1.29 bits per heavy atom. The van der Waals surface area contributed by atoms with Crippen LogP contribution in [-0.2, 0) is 0 Å². The molecule has 1 heterocycles. The first-order chi connectivity index (χ1) is 6.68. The summed E-state index contributed by atoms with van der Waals surface area (Å²) in [6.45, 7) is 4.13. The maximum absolute atomic E-state index is 6.06. The zero-order valence-electron chi connectivity index (χ0n) is 8.20.